The van der Waals surface area contributed by atoms with Crippen LogP contribution in [0.15, 0.2) is 140 Å². The van der Waals surface area contributed by atoms with Gasteiger partial charge in [-0.1, -0.05) is 91.0 Å². The SMILES string of the molecule is COc1ccc(C(=Cc2ccc(N(c3ccccc3)c3ccccc3)cc2)c2ccccc2)cc1. The minimum Gasteiger partial charge on any atom is -0.497 e. The Morgan fingerprint density at radius 2 is 0.971 bits per heavy atom. The Bertz CT molecular complexity index is 1340. The van der Waals surface area contributed by atoms with Crippen molar-refractivity contribution in [3.05, 3.63) is 156 Å². The number of benzene rings is 5. The first kappa shape index (κ1) is 22.2. The van der Waals surface area contributed by atoms with Gasteiger partial charge in [0.2, 0.25) is 0 Å². The number of para-hydroxylation sites is 2. The Morgan fingerprint density at radius 1 is 0.514 bits per heavy atom. The Kier molecular flexibility index (Phi) is 6.72. The maximum Gasteiger partial charge on any atom is 0.118 e. The smallest absolute Gasteiger partial charge is 0.118 e. The van der Waals surface area contributed by atoms with Gasteiger partial charge in [-0.2, -0.15) is 0 Å². The van der Waals surface area contributed by atoms with Gasteiger partial charge in [0.1, 0.15) is 5.75 Å². The highest BCUT2D eigenvalue weighted by atomic mass is 16.5. The monoisotopic (exact) mass is 453 g/mol. The van der Waals surface area contributed by atoms with Crippen LogP contribution >= 0.6 is 0 Å². The molecule has 0 atom stereocenters. The van der Waals surface area contributed by atoms with Gasteiger partial charge >= 0.3 is 0 Å². The highest BCUT2D eigenvalue weighted by Gasteiger charge is 2.12. The molecule has 0 saturated heterocycles. The van der Waals surface area contributed by atoms with Gasteiger partial charge in [0.05, 0.1) is 7.11 Å². The molecule has 5 aromatic carbocycles. The summed E-state index contributed by atoms with van der Waals surface area (Å²) in [6, 6.07) is 48.4. The molecule has 0 bridgehead atoms. The maximum absolute atomic E-state index is 5.36. The average Bonchev–Trinajstić information content (AvgIpc) is 2.94. The van der Waals surface area contributed by atoms with Crippen molar-refractivity contribution in [2.24, 2.45) is 0 Å². The number of methoxy groups -OCH3 is 1. The van der Waals surface area contributed by atoms with E-state index < -0.39 is 0 Å². The van der Waals surface area contributed by atoms with Crippen molar-refractivity contribution < 1.29 is 4.74 Å². The fraction of sp³-hybridized carbons (Fsp3) is 0.0303. The van der Waals surface area contributed by atoms with Crippen molar-refractivity contribution in [3.8, 4) is 5.75 Å². The second kappa shape index (κ2) is 10.6. The molecule has 0 unspecified atom stereocenters. The molecular formula is C33H27NO. The van der Waals surface area contributed by atoms with E-state index in [4.69, 9.17) is 4.74 Å². The van der Waals surface area contributed by atoms with Crippen molar-refractivity contribution >= 4 is 28.7 Å². The van der Waals surface area contributed by atoms with Crippen LogP contribution in [0.25, 0.3) is 11.6 Å². The van der Waals surface area contributed by atoms with Crippen LogP contribution in [0.5, 0.6) is 5.75 Å². The molecule has 5 rings (SSSR count). The molecule has 0 N–H and O–H groups in total. The molecule has 0 aromatic heterocycles. The minimum atomic E-state index is 0.854. The highest BCUT2D eigenvalue weighted by molar-refractivity contribution is 5.91. The molecule has 0 amide bonds. The van der Waals surface area contributed by atoms with E-state index in [1.807, 2.05) is 30.3 Å². The number of hydrogen-bond acceptors (Lipinski definition) is 2. The zero-order valence-corrected chi connectivity index (χ0v) is 19.7. The van der Waals surface area contributed by atoms with Gasteiger partial charge in [-0.15, -0.1) is 0 Å². The summed E-state index contributed by atoms with van der Waals surface area (Å²) in [7, 11) is 1.69. The standard InChI is InChI=1S/C33H27NO/c1-35-32-23-19-28(20-24-32)33(27-11-5-2-6-12-27)25-26-17-21-31(22-18-26)34(29-13-7-3-8-14-29)30-15-9-4-10-16-30/h2-25H,1H3. The Balaban J connectivity index is 1.54. The van der Waals surface area contributed by atoms with E-state index in [1.54, 1.807) is 7.11 Å². The third-order valence-electron chi connectivity index (χ3n) is 5.98. The summed E-state index contributed by atoms with van der Waals surface area (Å²) in [6.07, 6.45) is 2.25. The quantitative estimate of drug-likeness (QED) is 0.228. The van der Waals surface area contributed by atoms with Crippen LogP contribution in [-0.4, -0.2) is 7.11 Å². The van der Waals surface area contributed by atoms with Gasteiger partial charge in [0, 0.05) is 17.1 Å². The second-order valence-corrected chi connectivity index (χ2v) is 8.25. The van der Waals surface area contributed by atoms with E-state index in [-0.39, 0.29) is 0 Å². The summed E-state index contributed by atoms with van der Waals surface area (Å²) in [5.74, 6) is 0.854. The lowest BCUT2D eigenvalue weighted by Gasteiger charge is -2.25. The molecule has 0 radical (unpaired) electrons. The predicted octanol–water partition coefficient (Wildman–Crippen LogP) is 8.75. The van der Waals surface area contributed by atoms with Crippen LogP contribution in [-0.2, 0) is 0 Å². The Hall–Kier alpha value is -4.56. The van der Waals surface area contributed by atoms with Crippen LogP contribution in [0.1, 0.15) is 16.7 Å². The minimum absolute atomic E-state index is 0.854. The van der Waals surface area contributed by atoms with E-state index >= 15 is 0 Å². The molecule has 0 heterocycles. The molecule has 0 aliphatic carbocycles. The zero-order valence-electron chi connectivity index (χ0n) is 19.7. The first-order chi connectivity index (χ1) is 17.3. The molecule has 2 heteroatoms. The summed E-state index contributed by atoms with van der Waals surface area (Å²) in [5.41, 5.74) is 8.02. The maximum atomic E-state index is 5.36. The first-order valence-corrected chi connectivity index (χ1v) is 11.7. The summed E-state index contributed by atoms with van der Waals surface area (Å²) >= 11 is 0. The first-order valence-electron chi connectivity index (χ1n) is 11.7. The lowest BCUT2D eigenvalue weighted by atomic mass is 9.95. The third kappa shape index (κ3) is 5.18. The van der Waals surface area contributed by atoms with Crippen LogP contribution in [0.2, 0.25) is 0 Å². The fourth-order valence-electron chi connectivity index (χ4n) is 4.21. The van der Waals surface area contributed by atoms with E-state index in [9.17, 15) is 0 Å². The fourth-order valence-corrected chi connectivity index (χ4v) is 4.21. The molecular weight excluding hydrogens is 426 g/mol. The molecule has 5 aromatic rings. The lowest BCUT2D eigenvalue weighted by Crippen LogP contribution is -2.09. The number of hydrogen-bond donors (Lipinski definition) is 0. The molecule has 0 fully saturated rings. The Labute approximate surface area is 207 Å². The van der Waals surface area contributed by atoms with Crippen LogP contribution in [0.3, 0.4) is 0 Å². The van der Waals surface area contributed by atoms with Gasteiger partial charge in [0.15, 0.2) is 0 Å². The van der Waals surface area contributed by atoms with Crippen molar-refractivity contribution in [3.63, 3.8) is 0 Å². The number of rotatable bonds is 7. The Morgan fingerprint density at radius 3 is 1.49 bits per heavy atom. The zero-order chi connectivity index (χ0) is 23.9. The van der Waals surface area contributed by atoms with Gasteiger partial charge in [-0.3, -0.25) is 0 Å². The average molecular weight is 454 g/mol. The van der Waals surface area contributed by atoms with Crippen molar-refractivity contribution in [1.29, 1.82) is 0 Å². The molecule has 0 saturated carbocycles. The lowest BCUT2D eigenvalue weighted by molar-refractivity contribution is 0.415. The van der Waals surface area contributed by atoms with Gasteiger partial charge in [-0.25, -0.2) is 0 Å². The van der Waals surface area contributed by atoms with Gasteiger partial charge in [-0.05, 0) is 76.9 Å². The van der Waals surface area contributed by atoms with E-state index in [0.717, 1.165) is 33.9 Å². The summed E-state index contributed by atoms with van der Waals surface area (Å²) in [5, 5.41) is 0. The van der Waals surface area contributed by atoms with E-state index in [1.165, 1.54) is 11.1 Å². The number of ether oxygens (including phenoxy) is 1. The summed E-state index contributed by atoms with van der Waals surface area (Å²) < 4.78 is 5.36. The largest absolute Gasteiger partial charge is 0.497 e. The molecule has 0 aliphatic heterocycles. The number of anilines is 3. The van der Waals surface area contributed by atoms with Crippen molar-refractivity contribution in [2.45, 2.75) is 0 Å². The summed E-state index contributed by atoms with van der Waals surface area (Å²) in [4.78, 5) is 2.27. The van der Waals surface area contributed by atoms with Crippen molar-refractivity contribution in [2.75, 3.05) is 12.0 Å². The predicted molar refractivity (Wildman–Crippen MR) is 148 cm³/mol. The van der Waals surface area contributed by atoms with Crippen LogP contribution < -0.4 is 9.64 Å². The molecule has 35 heavy (non-hydrogen) atoms. The van der Waals surface area contributed by atoms with Gasteiger partial charge < -0.3 is 9.64 Å². The molecule has 0 spiro atoms. The van der Waals surface area contributed by atoms with Gasteiger partial charge in [0.25, 0.3) is 0 Å². The van der Waals surface area contributed by atoms with Crippen LogP contribution in [0.4, 0.5) is 17.1 Å². The highest BCUT2D eigenvalue weighted by Crippen LogP contribution is 2.35. The molecule has 0 aliphatic rings. The second-order valence-electron chi connectivity index (χ2n) is 8.25. The van der Waals surface area contributed by atoms with E-state index in [0.29, 0.717) is 0 Å². The normalized spacial score (nSPS) is 11.2. The van der Waals surface area contributed by atoms with Crippen molar-refractivity contribution in [1.82, 2.24) is 0 Å². The topological polar surface area (TPSA) is 12.5 Å². The van der Waals surface area contributed by atoms with Crippen LogP contribution in [0, 0.1) is 0 Å². The molecule has 2 nitrogen and oxygen atoms in total. The van der Waals surface area contributed by atoms with E-state index in [2.05, 4.69) is 120 Å². The third-order valence-corrected chi connectivity index (χ3v) is 5.98. The molecule has 170 valence electrons. The number of nitrogens with zero attached hydrogens (tertiary/aromatic N) is 1. The summed E-state index contributed by atoms with van der Waals surface area (Å²) in [6.45, 7) is 0.